The van der Waals surface area contributed by atoms with E-state index in [1.807, 2.05) is 10.6 Å². The number of hydrogen-bond donors (Lipinski definition) is 24. The van der Waals surface area contributed by atoms with Gasteiger partial charge in [0.05, 0.1) is 46.1 Å². The summed E-state index contributed by atoms with van der Waals surface area (Å²) in [4.78, 5) is 28.3. The maximum atomic E-state index is 14.2. The molecule has 24 N–H and O–H groups in total. The van der Waals surface area contributed by atoms with Crippen molar-refractivity contribution in [3.63, 3.8) is 0 Å². The number of hydrogen-bond acceptors (Lipinski definition) is 34. The molecule has 36 heteroatoms. The van der Waals surface area contributed by atoms with Gasteiger partial charge in [-0.05, 0) is 0 Å². The molecule has 0 aliphatic carbocycles. The van der Waals surface area contributed by atoms with Crippen molar-refractivity contribution >= 4 is 11.8 Å². The smallest absolute Gasteiger partial charge is 0.282 e. The van der Waals surface area contributed by atoms with Gasteiger partial charge in [0.1, 0.15) is 134 Å². The summed E-state index contributed by atoms with van der Waals surface area (Å²) in [6, 6.07) is 0. The lowest BCUT2D eigenvalue weighted by molar-refractivity contribution is -0.422. The maximum absolute atomic E-state index is 14.2. The van der Waals surface area contributed by atoms with Crippen LogP contribution >= 0.6 is 0 Å². The Balaban J connectivity index is 1.30. The van der Waals surface area contributed by atoms with E-state index in [-0.39, 0.29) is 0 Å². The molecule has 0 bridgehead atoms. The zero-order valence-electron chi connectivity index (χ0n) is 40.1. The second kappa shape index (κ2) is 26.1. The predicted octanol–water partition coefficient (Wildman–Crippen LogP) is -16.3. The SMILES string of the molecule is C=C(CC(=O)N[C@]1(O[C@H]2[C@H](O)[C@@H](O)[C@H](O)O[C@@H]2CO)O[C@H](CO)[C@@H](O[C@@H]2O[C@H](CO)[C@@H](O)[C@H](O)[C@H]2O)[C@H](O)[C@H]1O)C(=O)N[C@]1(O[C@H]2[C@H](O)[C@@H](O)[C@H](O)O[C@@H]2CO)O[C@H](CO)[C@@H](O[C@@H]2O[C@H](CO)[C@@H](O)[C@H](O)[C@H]2O)[C@H](O)[C@H]1O. The Morgan fingerprint density at radius 2 is 0.753 bits per heavy atom. The van der Waals surface area contributed by atoms with E-state index in [2.05, 4.69) is 6.58 Å². The van der Waals surface area contributed by atoms with Crippen LogP contribution in [0.25, 0.3) is 0 Å². The monoisotopic (exact) mass is 1130 g/mol. The van der Waals surface area contributed by atoms with Gasteiger partial charge >= 0.3 is 0 Å². The zero-order chi connectivity index (χ0) is 57.3. The van der Waals surface area contributed by atoms with Crippen LogP contribution in [0.3, 0.4) is 0 Å². The normalized spacial score (nSPS) is 49.7. The van der Waals surface area contributed by atoms with Crippen molar-refractivity contribution in [2.24, 2.45) is 0 Å². The van der Waals surface area contributed by atoms with Gasteiger partial charge in [-0.25, -0.2) is 0 Å². The van der Waals surface area contributed by atoms with Crippen LogP contribution in [0.15, 0.2) is 12.2 Å². The average Bonchev–Trinajstić information content (AvgIpc) is 3.41. The summed E-state index contributed by atoms with van der Waals surface area (Å²) >= 11 is 0. The maximum Gasteiger partial charge on any atom is 0.282 e. The van der Waals surface area contributed by atoms with Gasteiger partial charge in [0, 0.05) is 5.57 Å². The Bertz CT molecular complexity index is 1940. The van der Waals surface area contributed by atoms with Gasteiger partial charge in [-0.3, -0.25) is 14.9 Å². The molecule has 6 saturated heterocycles. The summed E-state index contributed by atoms with van der Waals surface area (Å²) in [5.74, 6) is -9.99. The number of nitrogens with one attached hydrogen (secondary N) is 2. The Labute approximate surface area is 433 Å². The summed E-state index contributed by atoms with van der Waals surface area (Å²) in [6.07, 6.45) is -61.5. The lowest BCUT2D eigenvalue weighted by Gasteiger charge is -2.53. The Morgan fingerprint density at radius 1 is 0.403 bits per heavy atom. The van der Waals surface area contributed by atoms with E-state index in [4.69, 9.17) is 47.4 Å². The molecule has 77 heavy (non-hydrogen) atoms. The molecule has 30 atom stereocenters. The molecule has 0 unspecified atom stereocenters. The second-order valence-electron chi connectivity index (χ2n) is 18.9. The molecule has 36 nitrogen and oxygen atoms in total. The molecule has 0 aromatic rings. The molecule has 6 rings (SSSR count). The minimum absolute atomic E-state index is 0.958. The number of carbonyl (C=O) groups excluding carboxylic acids is 2. The zero-order valence-corrected chi connectivity index (χ0v) is 40.1. The van der Waals surface area contributed by atoms with Gasteiger partial charge in [-0.1, -0.05) is 6.58 Å². The predicted molar refractivity (Wildman–Crippen MR) is 230 cm³/mol. The van der Waals surface area contributed by atoms with Gasteiger partial charge in [-0.15, -0.1) is 0 Å². The molecular weight excluding hydrogens is 1060 g/mol. The molecule has 6 aliphatic rings. The quantitative estimate of drug-likeness (QED) is 0.0422. The van der Waals surface area contributed by atoms with Crippen LogP contribution in [0.1, 0.15) is 6.42 Å². The van der Waals surface area contributed by atoms with Crippen LogP contribution in [-0.4, -0.2) is 347 Å². The van der Waals surface area contributed by atoms with Crippen LogP contribution in [-0.2, 0) is 57.0 Å². The van der Waals surface area contributed by atoms with E-state index in [1.54, 1.807) is 0 Å². The first-order valence-electron chi connectivity index (χ1n) is 23.7. The summed E-state index contributed by atoms with van der Waals surface area (Å²) < 4.78 is 55.0. The number of aliphatic hydroxyl groups is 22. The third kappa shape index (κ3) is 12.7. The van der Waals surface area contributed by atoms with E-state index in [0.717, 1.165) is 0 Å². The first-order chi connectivity index (χ1) is 36.2. The molecule has 0 aromatic carbocycles. The van der Waals surface area contributed by atoms with Crippen molar-refractivity contribution in [3.8, 4) is 0 Å². The van der Waals surface area contributed by atoms with Crippen LogP contribution in [0.2, 0.25) is 0 Å². The topological polar surface area (TPSA) is 596 Å². The Kier molecular flexibility index (Phi) is 21.6. The van der Waals surface area contributed by atoms with Gasteiger partial charge in [0.25, 0.3) is 17.7 Å². The standard InChI is InChI=1S/C41H68N2O34/c1-9(35(65)43-41(77-32-13(6-47)69-37(67)24(58)22(32)56)34(64)28(62)30(15(8-49)75-41)73-39-26(60)20(54)18(52)11(4-45)71-39)2-16(50)42-40(76-31-12(5-46)68-36(66)23(57)21(31)55)33(63)27(61)29(14(7-48)74-40)72-38-25(59)19(53)17(51)10(3-44)70-38/h10-15,17-34,36-39,44-49,51-64,66-67H,1-8H2,(H,42,50)(H,43,65)/t10-,11-,12-,13-,14-,15-,17-,18-,19+,20+,21-,22-,23-,24-,25-,26-,27+,28+,29-,30-,31-,32-,33-,34-,36-,37-,38+,39+,40+,41+/m1/s1. The number of amides is 2. The van der Waals surface area contributed by atoms with Gasteiger partial charge < -0.3 is 165 Å². The third-order valence-electron chi connectivity index (χ3n) is 13.7. The number of aliphatic hydroxyl groups excluding tert-OH is 22. The third-order valence-corrected chi connectivity index (χ3v) is 13.7. The molecule has 6 fully saturated rings. The van der Waals surface area contributed by atoms with Crippen molar-refractivity contribution in [1.82, 2.24) is 10.6 Å². The molecule has 6 heterocycles. The minimum Gasteiger partial charge on any atom is -0.394 e. The van der Waals surface area contributed by atoms with Crippen molar-refractivity contribution in [2.45, 2.75) is 190 Å². The van der Waals surface area contributed by atoms with Crippen molar-refractivity contribution in [2.75, 3.05) is 39.6 Å². The molecule has 2 amide bonds. The van der Waals surface area contributed by atoms with E-state index in [9.17, 15) is 122 Å². The molecule has 0 spiro atoms. The first kappa shape index (κ1) is 63.6. The fraction of sp³-hybridized carbons (Fsp3) is 0.902. The van der Waals surface area contributed by atoms with Gasteiger partial charge in [0.2, 0.25) is 5.91 Å². The van der Waals surface area contributed by atoms with E-state index < -0.39 is 247 Å². The second-order valence-corrected chi connectivity index (χ2v) is 18.9. The van der Waals surface area contributed by atoms with Crippen LogP contribution in [0.5, 0.6) is 0 Å². The highest BCUT2D eigenvalue weighted by Gasteiger charge is 2.63. The summed E-state index contributed by atoms with van der Waals surface area (Å²) in [5, 5.41) is 237. The molecule has 6 aliphatic heterocycles. The number of carbonyl (C=O) groups is 2. The van der Waals surface area contributed by atoms with E-state index in [1.165, 1.54) is 0 Å². The Morgan fingerprint density at radius 3 is 1.10 bits per heavy atom. The molecule has 0 radical (unpaired) electrons. The van der Waals surface area contributed by atoms with Crippen LogP contribution in [0.4, 0.5) is 0 Å². The highest BCUT2D eigenvalue weighted by Crippen LogP contribution is 2.39. The fourth-order valence-corrected chi connectivity index (χ4v) is 9.31. The highest BCUT2D eigenvalue weighted by atomic mass is 16.8. The van der Waals surface area contributed by atoms with Crippen molar-refractivity contribution in [3.05, 3.63) is 12.2 Å². The van der Waals surface area contributed by atoms with Gasteiger partial charge in [0.15, 0.2) is 37.4 Å². The molecule has 446 valence electrons. The highest BCUT2D eigenvalue weighted by molar-refractivity contribution is 5.98. The lowest BCUT2D eigenvalue weighted by atomic mass is 9.93. The summed E-state index contributed by atoms with van der Waals surface area (Å²) in [6.45, 7) is -3.32. The van der Waals surface area contributed by atoms with E-state index >= 15 is 0 Å². The van der Waals surface area contributed by atoms with Gasteiger partial charge in [-0.2, -0.15) is 0 Å². The summed E-state index contributed by atoms with van der Waals surface area (Å²) in [7, 11) is 0. The lowest BCUT2D eigenvalue weighted by Crippen LogP contribution is -2.76. The number of ether oxygens (including phenoxy) is 10. The van der Waals surface area contributed by atoms with E-state index in [0.29, 0.717) is 0 Å². The summed E-state index contributed by atoms with van der Waals surface area (Å²) in [5.41, 5.74) is -0.970. The average molecular weight is 1130 g/mol. The van der Waals surface area contributed by atoms with Crippen LogP contribution in [0, 0.1) is 0 Å². The fourth-order valence-electron chi connectivity index (χ4n) is 9.31. The molecule has 0 aromatic heterocycles. The largest absolute Gasteiger partial charge is 0.394 e. The van der Waals surface area contributed by atoms with Crippen molar-refractivity contribution in [1.29, 1.82) is 0 Å². The van der Waals surface area contributed by atoms with Crippen molar-refractivity contribution < 1.29 is 169 Å². The molecular formula is C41H68N2O34. The first-order valence-corrected chi connectivity index (χ1v) is 23.7. The Hall–Kier alpha value is -2.60. The minimum atomic E-state index is -3.40. The van der Waals surface area contributed by atoms with Crippen LogP contribution < -0.4 is 10.6 Å². The number of rotatable bonds is 19. The molecule has 0 saturated carbocycles.